The Bertz CT molecular complexity index is 1150. The van der Waals surface area contributed by atoms with Crippen LogP contribution in [-0.4, -0.2) is 81.5 Å². The van der Waals surface area contributed by atoms with E-state index >= 15 is 0 Å². The van der Waals surface area contributed by atoms with Crippen LogP contribution in [0, 0.1) is 31.6 Å². The molecule has 4 rings (SSSR count). The second kappa shape index (κ2) is 11.5. The van der Waals surface area contributed by atoms with E-state index in [2.05, 4.69) is 27.0 Å². The van der Waals surface area contributed by atoms with Gasteiger partial charge in [0.1, 0.15) is 6.04 Å². The van der Waals surface area contributed by atoms with Crippen molar-refractivity contribution in [3.8, 4) is 0 Å². The van der Waals surface area contributed by atoms with E-state index in [9.17, 15) is 19.5 Å². The molecule has 6 atom stereocenters. The molecule has 3 fully saturated rings. The predicted octanol–water partition coefficient (Wildman–Crippen LogP) is 3.97. The lowest BCUT2D eigenvalue weighted by atomic mass is 9.70. The number of fused-ring (bicyclic) bond motifs is 1. The first-order chi connectivity index (χ1) is 18.5. The molecule has 0 saturated carbocycles. The number of carbonyl (C=O) groups is 3. The third-order valence-corrected chi connectivity index (χ3v) is 10.6. The Balaban J connectivity index is 1.85. The fraction of sp³-hybridized carbons (Fsp3) is 0.581. The van der Waals surface area contributed by atoms with Crippen molar-refractivity contribution >= 4 is 35.2 Å². The summed E-state index contributed by atoms with van der Waals surface area (Å²) in [6.07, 6.45) is 5.44. The van der Waals surface area contributed by atoms with Gasteiger partial charge in [0.15, 0.2) is 0 Å². The Kier molecular flexibility index (Phi) is 8.67. The molecule has 39 heavy (non-hydrogen) atoms. The Morgan fingerprint density at radius 3 is 2.51 bits per heavy atom. The summed E-state index contributed by atoms with van der Waals surface area (Å²) in [6.45, 7) is 16.2. The maximum atomic E-state index is 14.8. The highest BCUT2D eigenvalue weighted by Crippen LogP contribution is 2.67. The monoisotopic (exact) mass is 553 g/mol. The van der Waals surface area contributed by atoms with Gasteiger partial charge in [0.25, 0.3) is 5.91 Å². The number of rotatable bonds is 11. The standard InChI is InChI=1S/C31H43N3O4S/c1-8-14-32(7)28(36)25-24-12-13-31(39-24)26(25)29(37)34(22(18-35)16-19(3)4)27(31)30(38)33(15-9-2)23-17-20(5)10-11-21(23)6/h8-11,17,19,22,24-27,35H,1-2,12-16,18H2,3-7H3/t22-,24-,25+,26+,27?,31?/m1/s1. The van der Waals surface area contributed by atoms with Crippen LogP contribution in [0.2, 0.25) is 0 Å². The van der Waals surface area contributed by atoms with E-state index in [1.165, 1.54) is 0 Å². The zero-order valence-electron chi connectivity index (χ0n) is 23.9. The third-order valence-electron chi connectivity index (χ3n) is 8.62. The average molecular weight is 554 g/mol. The minimum absolute atomic E-state index is 0.0117. The molecule has 3 heterocycles. The number of carbonyl (C=O) groups excluding carboxylic acids is 3. The number of thioether (sulfide) groups is 1. The number of likely N-dealkylation sites (tertiary alicyclic amines) is 1. The van der Waals surface area contributed by atoms with Crippen molar-refractivity contribution in [3.05, 3.63) is 54.6 Å². The highest BCUT2D eigenvalue weighted by atomic mass is 32.2. The van der Waals surface area contributed by atoms with Gasteiger partial charge in [0.2, 0.25) is 11.8 Å². The molecule has 7 nitrogen and oxygen atoms in total. The second-order valence-electron chi connectivity index (χ2n) is 11.8. The van der Waals surface area contributed by atoms with Gasteiger partial charge in [-0.05, 0) is 56.2 Å². The van der Waals surface area contributed by atoms with Crippen LogP contribution in [0.15, 0.2) is 43.5 Å². The maximum Gasteiger partial charge on any atom is 0.251 e. The molecule has 3 amide bonds. The lowest BCUT2D eigenvalue weighted by molar-refractivity contribution is -0.145. The SMILES string of the molecule is C=CCN(C)C(=O)[C@@H]1[C@H]2C(=O)N([C@@H](CO)CC(C)C)C(C(=O)N(CC=C)c3cc(C)ccc3C)C23CC[C@H]1S3. The van der Waals surface area contributed by atoms with Crippen molar-refractivity contribution in [3.63, 3.8) is 0 Å². The Morgan fingerprint density at radius 1 is 1.21 bits per heavy atom. The van der Waals surface area contributed by atoms with Gasteiger partial charge in [-0.15, -0.1) is 24.9 Å². The summed E-state index contributed by atoms with van der Waals surface area (Å²) in [5, 5.41) is 10.5. The molecule has 0 radical (unpaired) electrons. The van der Waals surface area contributed by atoms with Crippen LogP contribution in [0.25, 0.3) is 0 Å². The van der Waals surface area contributed by atoms with Crippen molar-refractivity contribution in [1.29, 1.82) is 0 Å². The second-order valence-corrected chi connectivity index (χ2v) is 13.4. The zero-order chi connectivity index (χ0) is 28.6. The number of aryl methyl sites for hydroxylation is 2. The predicted molar refractivity (Wildman–Crippen MR) is 158 cm³/mol. The molecule has 0 aromatic heterocycles. The molecule has 1 aromatic rings. The van der Waals surface area contributed by atoms with Crippen molar-refractivity contribution in [1.82, 2.24) is 9.80 Å². The molecule has 3 aliphatic heterocycles. The summed E-state index contributed by atoms with van der Waals surface area (Å²) in [6, 6.07) is 4.74. The Morgan fingerprint density at radius 2 is 1.90 bits per heavy atom. The lowest BCUT2D eigenvalue weighted by Crippen LogP contribution is -2.58. The van der Waals surface area contributed by atoms with Gasteiger partial charge >= 0.3 is 0 Å². The van der Waals surface area contributed by atoms with E-state index in [0.717, 1.165) is 23.2 Å². The van der Waals surface area contributed by atoms with Crippen LogP contribution in [0.4, 0.5) is 5.69 Å². The van der Waals surface area contributed by atoms with Gasteiger partial charge < -0.3 is 19.8 Å². The third kappa shape index (κ3) is 4.95. The number of anilines is 1. The molecule has 212 valence electrons. The highest BCUT2D eigenvalue weighted by Gasteiger charge is 2.74. The van der Waals surface area contributed by atoms with Crippen LogP contribution in [-0.2, 0) is 14.4 Å². The number of amides is 3. The number of benzene rings is 1. The molecule has 0 aliphatic carbocycles. The van der Waals surface area contributed by atoms with Crippen molar-refractivity contribution in [2.45, 2.75) is 69.0 Å². The van der Waals surface area contributed by atoms with Gasteiger partial charge in [0, 0.05) is 31.1 Å². The number of aliphatic hydroxyl groups excluding tert-OH is 1. The molecule has 8 heteroatoms. The van der Waals surface area contributed by atoms with Crippen LogP contribution < -0.4 is 4.90 Å². The normalized spacial score (nSPS) is 28.0. The molecule has 2 bridgehead atoms. The van der Waals surface area contributed by atoms with E-state index in [4.69, 9.17) is 0 Å². The van der Waals surface area contributed by atoms with Crippen molar-refractivity contribution < 1.29 is 19.5 Å². The first kappa shape index (κ1) is 29.4. The number of likely N-dealkylation sites (N-methyl/N-ethyl adjacent to an activating group) is 1. The van der Waals surface area contributed by atoms with Crippen LogP contribution >= 0.6 is 11.8 Å². The quantitative estimate of drug-likeness (QED) is 0.420. The summed E-state index contributed by atoms with van der Waals surface area (Å²) < 4.78 is -0.713. The summed E-state index contributed by atoms with van der Waals surface area (Å²) in [5.41, 5.74) is 2.80. The molecule has 1 spiro atoms. The number of aliphatic hydroxyl groups is 1. The average Bonchev–Trinajstić information content (AvgIpc) is 3.54. The molecule has 3 aliphatic rings. The molecule has 1 aromatic carbocycles. The van der Waals surface area contributed by atoms with E-state index in [1.54, 1.807) is 45.7 Å². The number of hydrogen-bond donors (Lipinski definition) is 1. The first-order valence-corrected chi connectivity index (χ1v) is 14.9. The number of nitrogens with zero attached hydrogens (tertiary/aromatic N) is 3. The number of hydrogen-bond acceptors (Lipinski definition) is 5. The lowest BCUT2D eigenvalue weighted by Gasteiger charge is -2.40. The van der Waals surface area contributed by atoms with Gasteiger partial charge in [0.05, 0.1) is 29.2 Å². The van der Waals surface area contributed by atoms with Crippen molar-refractivity contribution in [2.24, 2.45) is 17.8 Å². The smallest absolute Gasteiger partial charge is 0.251 e. The summed E-state index contributed by atoms with van der Waals surface area (Å²) in [4.78, 5) is 47.9. The van der Waals surface area contributed by atoms with E-state index in [-0.39, 0.29) is 35.5 Å². The van der Waals surface area contributed by atoms with E-state index in [0.29, 0.717) is 25.9 Å². The first-order valence-electron chi connectivity index (χ1n) is 14.0. The molecular formula is C31H43N3O4S. The zero-order valence-corrected chi connectivity index (χ0v) is 24.7. The Hall–Kier alpha value is -2.58. The fourth-order valence-corrected chi connectivity index (χ4v) is 9.19. The maximum absolute atomic E-state index is 14.8. The Labute approximate surface area is 237 Å². The summed E-state index contributed by atoms with van der Waals surface area (Å²) in [7, 11) is 1.74. The largest absolute Gasteiger partial charge is 0.394 e. The van der Waals surface area contributed by atoms with Gasteiger partial charge in [-0.1, -0.05) is 38.1 Å². The summed E-state index contributed by atoms with van der Waals surface area (Å²) >= 11 is 1.66. The summed E-state index contributed by atoms with van der Waals surface area (Å²) in [5.74, 6) is -1.28. The van der Waals surface area contributed by atoms with Crippen LogP contribution in [0.1, 0.15) is 44.2 Å². The van der Waals surface area contributed by atoms with Gasteiger partial charge in [-0.3, -0.25) is 14.4 Å². The molecule has 3 saturated heterocycles. The minimum atomic E-state index is -0.775. The van der Waals surface area contributed by atoms with E-state index < -0.39 is 28.7 Å². The fourth-order valence-electron chi connectivity index (χ4n) is 7.00. The molecular weight excluding hydrogens is 510 g/mol. The van der Waals surface area contributed by atoms with Crippen molar-refractivity contribution in [2.75, 3.05) is 31.6 Å². The van der Waals surface area contributed by atoms with E-state index in [1.807, 2.05) is 32.0 Å². The van der Waals surface area contributed by atoms with Gasteiger partial charge in [-0.25, -0.2) is 0 Å². The van der Waals surface area contributed by atoms with Crippen LogP contribution in [0.3, 0.4) is 0 Å². The topological polar surface area (TPSA) is 81.2 Å². The van der Waals surface area contributed by atoms with Gasteiger partial charge in [-0.2, -0.15) is 0 Å². The molecule has 2 unspecified atom stereocenters. The highest BCUT2D eigenvalue weighted by molar-refractivity contribution is 8.02. The van der Waals surface area contributed by atoms with Crippen LogP contribution in [0.5, 0.6) is 0 Å². The minimum Gasteiger partial charge on any atom is -0.394 e. The molecule has 1 N–H and O–H groups in total.